The van der Waals surface area contributed by atoms with E-state index in [-0.39, 0.29) is 11.9 Å². The summed E-state index contributed by atoms with van der Waals surface area (Å²) >= 11 is 0. The first-order chi connectivity index (χ1) is 8.74. The minimum atomic E-state index is -0.237. The number of nitrogens with one attached hydrogen (secondary N) is 2. The van der Waals surface area contributed by atoms with Crippen LogP contribution >= 0.6 is 0 Å². The van der Waals surface area contributed by atoms with Crippen LogP contribution in [-0.2, 0) is 16.0 Å². The van der Waals surface area contributed by atoms with Gasteiger partial charge in [-0.3, -0.25) is 4.79 Å². The van der Waals surface area contributed by atoms with E-state index in [4.69, 9.17) is 4.74 Å². The predicted octanol–water partition coefficient (Wildman–Crippen LogP) is -0.257. The summed E-state index contributed by atoms with van der Waals surface area (Å²) in [6.45, 7) is 3.73. The third-order valence-electron chi connectivity index (χ3n) is 2.42. The minimum Gasteiger partial charge on any atom is -0.385 e. The SMILES string of the molecule is COCCCNC(=O)C(C)NCCc1ncon1. The molecule has 1 atom stereocenters. The van der Waals surface area contributed by atoms with Crippen molar-refractivity contribution >= 4 is 5.91 Å². The number of hydrogen-bond donors (Lipinski definition) is 2. The average Bonchev–Trinajstić information content (AvgIpc) is 2.87. The fraction of sp³-hybridized carbons (Fsp3) is 0.727. The second-order valence-corrected chi connectivity index (χ2v) is 3.91. The molecule has 0 bridgehead atoms. The largest absolute Gasteiger partial charge is 0.385 e. The normalized spacial score (nSPS) is 12.3. The highest BCUT2D eigenvalue weighted by Crippen LogP contribution is 1.90. The van der Waals surface area contributed by atoms with Gasteiger partial charge in [-0.25, -0.2) is 0 Å². The molecule has 2 N–H and O–H groups in total. The van der Waals surface area contributed by atoms with E-state index in [2.05, 4.69) is 25.3 Å². The van der Waals surface area contributed by atoms with Gasteiger partial charge in [-0.2, -0.15) is 4.98 Å². The Balaban J connectivity index is 2.08. The lowest BCUT2D eigenvalue weighted by Gasteiger charge is -2.13. The zero-order valence-electron chi connectivity index (χ0n) is 10.8. The summed E-state index contributed by atoms with van der Waals surface area (Å²) in [5.74, 6) is 0.620. The number of amides is 1. The highest BCUT2D eigenvalue weighted by molar-refractivity contribution is 5.81. The highest BCUT2D eigenvalue weighted by atomic mass is 16.5. The van der Waals surface area contributed by atoms with E-state index in [0.29, 0.717) is 31.9 Å². The van der Waals surface area contributed by atoms with Crippen LogP contribution in [0.15, 0.2) is 10.9 Å². The summed E-state index contributed by atoms with van der Waals surface area (Å²) in [7, 11) is 1.64. The number of nitrogens with zero attached hydrogens (tertiary/aromatic N) is 2. The number of hydrogen-bond acceptors (Lipinski definition) is 6. The van der Waals surface area contributed by atoms with Crippen molar-refractivity contribution in [1.29, 1.82) is 0 Å². The van der Waals surface area contributed by atoms with E-state index in [0.717, 1.165) is 6.42 Å². The van der Waals surface area contributed by atoms with E-state index < -0.39 is 0 Å². The summed E-state index contributed by atoms with van der Waals surface area (Å²) in [5, 5.41) is 9.61. The van der Waals surface area contributed by atoms with Crippen molar-refractivity contribution in [1.82, 2.24) is 20.8 Å². The van der Waals surface area contributed by atoms with Gasteiger partial charge in [-0.15, -0.1) is 0 Å². The Morgan fingerprint density at radius 1 is 1.56 bits per heavy atom. The monoisotopic (exact) mass is 256 g/mol. The lowest BCUT2D eigenvalue weighted by atomic mass is 10.3. The first-order valence-corrected chi connectivity index (χ1v) is 5.99. The summed E-state index contributed by atoms with van der Waals surface area (Å²) in [6, 6.07) is -0.237. The van der Waals surface area contributed by atoms with Crippen molar-refractivity contribution in [3.05, 3.63) is 12.2 Å². The van der Waals surface area contributed by atoms with Gasteiger partial charge in [0.15, 0.2) is 5.82 Å². The molecule has 0 radical (unpaired) electrons. The van der Waals surface area contributed by atoms with Crippen LogP contribution in [-0.4, -0.2) is 48.9 Å². The zero-order valence-corrected chi connectivity index (χ0v) is 10.8. The standard InChI is InChI=1S/C11H20N4O3/c1-9(11(16)13-5-3-7-17-2)12-6-4-10-14-8-18-15-10/h8-9,12H,3-7H2,1-2H3,(H,13,16). The molecule has 0 aromatic carbocycles. The van der Waals surface area contributed by atoms with Gasteiger partial charge in [0.1, 0.15) is 0 Å². The Morgan fingerprint density at radius 2 is 2.39 bits per heavy atom. The Kier molecular flexibility index (Phi) is 6.97. The first-order valence-electron chi connectivity index (χ1n) is 5.99. The second kappa shape index (κ2) is 8.60. The molecule has 0 fully saturated rings. The smallest absolute Gasteiger partial charge is 0.236 e. The van der Waals surface area contributed by atoms with E-state index >= 15 is 0 Å². The average molecular weight is 256 g/mol. The maximum absolute atomic E-state index is 11.6. The number of carbonyl (C=O) groups is 1. The van der Waals surface area contributed by atoms with Gasteiger partial charge < -0.3 is 19.9 Å². The van der Waals surface area contributed by atoms with Crippen molar-refractivity contribution in [2.75, 3.05) is 26.8 Å². The van der Waals surface area contributed by atoms with Crippen molar-refractivity contribution < 1.29 is 14.1 Å². The van der Waals surface area contributed by atoms with Gasteiger partial charge in [0, 0.05) is 33.2 Å². The van der Waals surface area contributed by atoms with Gasteiger partial charge in [0.2, 0.25) is 12.3 Å². The van der Waals surface area contributed by atoms with Gasteiger partial charge in [-0.05, 0) is 13.3 Å². The lowest BCUT2D eigenvalue weighted by Crippen LogP contribution is -2.43. The molecule has 1 rings (SSSR count). The third-order valence-corrected chi connectivity index (χ3v) is 2.42. The van der Waals surface area contributed by atoms with Crippen molar-refractivity contribution in [3.63, 3.8) is 0 Å². The Bertz CT molecular complexity index is 329. The lowest BCUT2D eigenvalue weighted by molar-refractivity contribution is -0.122. The summed E-state index contributed by atoms with van der Waals surface area (Å²) in [4.78, 5) is 15.5. The molecule has 0 aliphatic carbocycles. The quantitative estimate of drug-likeness (QED) is 0.592. The topological polar surface area (TPSA) is 89.3 Å². The van der Waals surface area contributed by atoms with Crippen LogP contribution in [0.5, 0.6) is 0 Å². The van der Waals surface area contributed by atoms with Crippen LogP contribution in [0.25, 0.3) is 0 Å². The molecule has 0 saturated carbocycles. The van der Waals surface area contributed by atoms with E-state index in [1.165, 1.54) is 6.39 Å². The van der Waals surface area contributed by atoms with Crippen LogP contribution in [0, 0.1) is 0 Å². The molecule has 102 valence electrons. The molecule has 7 nitrogen and oxygen atoms in total. The Hall–Kier alpha value is -1.47. The van der Waals surface area contributed by atoms with Crippen LogP contribution in [0.3, 0.4) is 0 Å². The summed E-state index contributed by atoms with van der Waals surface area (Å²) in [5.41, 5.74) is 0. The van der Waals surface area contributed by atoms with Crippen LogP contribution in [0.2, 0.25) is 0 Å². The maximum atomic E-state index is 11.6. The van der Waals surface area contributed by atoms with Gasteiger partial charge >= 0.3 is 0 Å². The van der Waals surface area contributed by atoms with Crippen LogP contribution in [0.4, 0.5) is 0 Å². The van der Waals surface area contributed by atoms with E-state index in [1.807, 2.05) is 6.92 Å². The third kappa shape index (κ3) is 5.74. The van der Waals surface area contributed by atoms with Crippen LogP contribution < -0.4 is 10.6 Å². The Morgan fingerprint density at radius 3 is 3.06 bits per heavy atom. The Labute approximate surface area is 106 Å². The summed E-state index contributed by atoms with van der Waals surface area (Å²) in [6.07, 6.45) is 2.75. The number of methoxy groups -OCH3 is 1. The molecule has 1 unspecified atom stereocenters. The number of rotatable bonds is 9. The first kappa shape index (κ1) is 14.6. The molecule has 0 aliphatic rings. The fourth-order valence-electron chi connectivity index (χ4n) is 1.38. The van der Waals surface area contributed by atoms with Gasteiger partial charge in [-0.1, -0.05) is 5.16 Å². The van der Waals surface area contributed by atoms with Gasteiger partial charge in [0.25, 0.3) is 0 Å². The second-order valence-electron chi connectivity index (χ2n) is 3.91. The predicted molar refractivity (Wildman–Crippen MR) is 65.0 cm³/mol. The molecular weight excluding hydrogens is 236 g/mol. The number of ether oxygens (including phenoxy) is 1. The summed E-state index contributed by atoms with van der Waals surface area (Å²) < 4.78 is 9.52. The fourth-order valence-corrected chi connectivity index (χ4v) is 1.38. The molecule has 1 aromatic heterocycles. The highest BCUT2D eigenvalue weighted by Gasteiger charge is 2.11. The molecule has 1 amide bonds. The molecule has 1 aromatic rings. The van der Waals surface area contributed by atoms with E-state index in [1.54, 1.807) is 7.11 Å². The molecule has 0 aliphatic heterocycles. The molecule has 18 heavy (non-hydrogen) atoms. The van der Waals surface area contributed by atoms with Gasteiger partial charge in [0.05, 0.1) is 6.04 Å². The van der Waals surface area contributed by atoms with Crippen molar-refractivity contribution in [2.45, 2.75) is 25.8 Å². The van der Waals surface area contributed by atoms with E-state index in [9.17, 15) is 4.79 Å². The number of carbonyl (C=O) groups excluding carboxylic acids is 1. The molecule has 1 heterocycles. The zero-order chi connectivity index (χ0) is 13.2. The number of aromatic nitrogens is 2. The molecular formula is C11H20N4O3. The van der Waals surface area contributed by atoms with Crippen molar-refractivity contribution in [2.24, 2.45) is 0 Å². The molecule has 0 saturated heterocycles. The molecule has 0 spiro atoms. The minimum absolute atomic E-state index is 0.0146. The maximum Gasteiger partial charge on any atom is 0.236 e. The van der Waals surface area contributed by atoms with Crippen molar-refractivity contribution in [3.8, 4) is 0 Å². The van der Waals surface area contributed by atoms with Crippen LogP contribution in [0.1, 0.15) is 19.2 Å². The molecule has 7 heteroatoms.